The van der Waals surface area contributed by atoms with E-state index >= 15 is 0 Å². The van der Waals surface area contributed by atoms with Gasteiger partial charge in [0.25, 0.3) is 0 Å². The van der Waals surface area contributed by atoms with Crippen LogP contribution >= 0.6 is 0 Å². The number of esters is 1. The van der Waals surface area contributed by atoms with Crippen molar-refractivity contribution in [2.45, 2.75) is 13.0 Å². The molecule has 110 valence electrons. The van der Waals surface area contributed by atoms with Crippen molar-refractivity contribution in [2.75, 3.05) is 27.7 Å². The number of carbonyl (C=O) groups is 1. The first-order valence-electron chi connectivity index (χ1n) is 6.30. The van der Waals surface area contributed by atoms with Gasteiger partial charge in [-0.2, -0.15) is 0 Å². The van der Waals surface area contributed by atoms with Crippen LogP contribution in [0.25, 0.3) is 0 Å². The summed E-state index contributed by atoms with van der Waals surface area (Å²) in [5, 5.41) is 3.07. The molecule has 0 aliphatic carbocycles. The maximum Gasteiger partial charge on any atom is 0.307 e. The predicted molar refractivity (Wildman–Crippen MR) is 75.9 cm³/mol. The molecule has 0 radical (unpaired) electrons. The molecule has 0 saturated heterocycles. The smallest absolute Gasteiger partial charge is 0.307 e. The van der Waals surface area contributed by atoms with Crippen LogP contribution in [0.3, 0.4) is 0 Å². The Balaban J connectivity index is 2.48. The molecule has 0 heterocycles. The second-order valence-electron chi connectivity index (χ2n) is 4.28. The molecule has 0 aliphatic heterocycles. The molecule has 0 aliphatic rings. The SMILES string of the molecule is CN=C(NCCC(=O)OC)N(C)Cc1ccc(F)cc1. The Kier molecular flexibility index (Phi) is 6.49. The van der Waals surface area contributed by atoms with E-state index in [2.05, 4.69) is 15.0 Å². The van der Waals surface area contributed by atoms with Crippen LogP contribution in [0.15, 0.2) is 29.3 Å². The highest BCUT2D eigenvalue weighted by Gasteiger charge is 2.07. The van der Waals surface area contributed by atoms with Crippen LogP contribution in [0.1, 0.15) is 12.0 Å². The lowest BCUT2D eigenvalue weighted by atomic mass is 10.2. The van der Waals surface area contributed by atoms with Gasteiger partial charge in [0.1, 0.15) is 5.82 Å². The predicted octanol–water partition coefficient (Wildman–Crippen LogP) is 1.40. The zero-order valence-electron chi connectivity index (χ0n) is 12.0. The molecule has 20 heavy (non-hydrogen) atoms. The Morgan fingerprint density at radius 2 is 2.05 bits per heavy atom. The van der Waals surface area contributed by atoms with Crippen LogP contribution in [0.2, 0.25) is 0 Å². The van der Waals surface area contributed by atoms with Crippen LogP contribution in [-0.4, -0.2) is 44.6 Å². The van der Waals surface area contributed by atoms with E-state index in [1.54, 1.807) is 19.2 Å². The Labute approximate surface area is 118 Å². The molecule has 1 aromatic carbocycles. The van der Waals surface area contributed by atoms with Gasteiger partial charge in [0.05, 0.1) is 13.5 Å². The van der Waals surface area contributed by atoms with Crippen molar-refractivity contribution in [3.63, 3.8) is 0 Å². The van der Waals surface area contributed by atoms with Gasteiger partial charge >= 0.3 is 5.97 Å². The maximum atomic E-state index is 12.8. The van der Waals surface area contributed by atoms with Gasteiger partial charge in [-0.15, -0.1) is 0 Å². The Hall–Kier alpha value is -2.11. The normalized spacial score (nSPS) is 11.1. The van der Waals surface area contributed by atoms with Crippen molar-refractivity contribution in [3.8, 4) is 0 Å². The van der Waals surface area contributed by atoms with Crippen molar-refractivity contribution < 1.29 is 13.9 Å². The molecule has 1 rings (SSSR count). The summed E-state index contributed by atoms with van der Waals surface area (Å²) in [6, 6.07) is 6.31. The molecule has 1 N–H and O–H groups in total. The third-order valence-corrected chi connectivity index (χ3v) is 2.75. The monoisotopic (exact) mass is 281 g/mol. The number of aliphatic imine (C=N–C) groups is 1. The highest BCUT2D eigenvalue weighted by molar-refractivity contribution is 5.80. The molecule has 0 spiro atoms. The summed E-state index contributed by atoms with van der Waals surface area (Å²) in [5.74, 6) is 0.143. The van der Waals surface area contributed by atoms with Crippen LogP contribution < -0.4 is 5.32 Å². The highest BCUT2D eigenvalue weighted by atomic mass is 19.1. The van der Waals surface area contributed by atoms with E-state index in [9.17, 15) is 9.18 Å². The van der Waals surface area contributed by atoms with E-state index in [1.807, 2.05) is 11.9 Å². The second kappa shape index (κ2) is 8.14. The lowest BCUT2D eigenvalue weighted by Gasteiger charge is -2.22. The van der Waals surface area contributed by atoms with E-state index in [-0.39, 0.29) is 18.2 Å². The zero-order valence-corrected chi connectivity index (χ0v) is 12.0. The summed E-state index contributed by atoms with van der Waals surface area (Å²) in [6.07, 6.45) is 0.278. The topological polar surface area (TPSA) is 53.9 Å². The first-order valence-corrected chi connectivity index (χ1v) is 6.30. The fraction of sp³-hybridized carbons (Fsp3) is 0.429. The third-order valence-electron chi connectivity index (χ3n) is 2.75. The van der Waals surface area contributed by atoms with Gasteiger partial charge in [-0.25, -0.2) is 4.39 Å². The summed E-state index contributed by atoms with van der Waals surface area (Å²) < 4.78 is 17.4. The molecule has 1 aromatic rings. The van der Waals surface area contributed by atoms with Gasteiger partial charge < -0.3 is 15.0 Å². The van der Waals surface area contributed by atoms with E-state index < -0.39 is 0 Å². The van der Waals surface area contributed by atoms with Crippen molar-refractivity contribution in [2.24, 2.45) is 4.99 Å². The molecular formula is C14H20FN3O2. The molecule has 0 aromatic heterocycles. The van der Waals surface area contributed by atoms with Crippen LogP contribution in [0.4, 0.5) is 4.39 Å². The van der Waals surface area contributed by atoms with Gasteiger partial charge in [0.15, 0.2) is 5.96 Å². The molecule has 0 saturated carbocycles. The van der Waals surface area contributed by atoms with Gasteiger partial charge in [-0.05, 0) is 17.7 Å². The van der Waals surface area contributed by atoms with E-state index in [1.165, 1.54) is 19.2 Å². The van der Waals surface area contributed by atoms with Gasteiger partial charge in [-0.3, -0.25) is 9.79 Å². The summed E-state index contributed by atoms with van der Waals surface area (Å²) in [4.78, 5) is 17.0. The lowest BCUT2D eigenvalue weighted by Crippen LogP contribution is -2.39. The van der Waals surface area contributed by atoms with E-state index in [0.29, 0.717) is 19.0 Å². The van der Waals surface area contributed by atoms with Gasteiger partial charge in [0.2, 0.25) is 0 Å². The molecule has 0 fully saturated rings. The number of nitrogens with zero attached hydrogens (tertiary/aromatic N) is 2. The minimum atomic E-state index is -0.269. The van der Waals surface area contributed by atoms with Crippen LogP contribution in [-0.2, 0) is 16.1 Å². The number of guanidine groups is 1. The third kappa shape index (κ3) is 5.26. The largest absolute Gasteiger partial charge is 0.469 e. The summed E-state index contributed by atoms with van der Waals surface area (Å²) in [7, 11) is 4.90. The van der Waals surface area contributed by atoms with E-state index in [0.717, 1.165) is 5.56 Å². The summed E-state index contributed by atoms with van der Waals surface area (Å²) >= 11 is 0. The molecular weight excluding hydrogens is 261 g/mol. The number of ether oxygens (including phenoxy) is 1. The first kappa shape index (κ1) is 15.9. The lowest BCUT2D eigenvalue weighted by molar-refractivity contribution is -0.140. The van der Waals surface area contributed by atoms with Crippen molar-refractivity contribution >= 4 is 11.9 Å². The second-order valence-corrected chi connectivity index (χ2v) is 4.28. The standard InChI is InChI=1S/C14H20FN3O2/c1-16-14(17-9-8-13(19)20-3)18(2)10-11-4-6-12(15)7-5-11/h4-7H,8-10H2,1-3H3,(H,16,17). The van der Waals surface area contributed by atoms with Crippen LogP contribution in [0.5, 0.6) is 0 Å². The number of halogens is 1. The number of nitrogens with one attached hydrogen (secondary N) is 1. The number of hydrogen-bond donors (Lipinski definition) is 1. The Morgan fingerprint density at radius 1 is 1.40 bits per heavy atom. The number of rotatable bonds is 5. The Morgan fingerprint density at radius 3 is 2.60 bits per heavy atom. The molecule has 0 amide bonds. The molecule has 5 nitrogen and oxygen atoms in total. The van der Waals surface area contributed by atoms with Crippen molar-refractivity contribution in [3.05, 3.63) is 35.6 Å². The zero-order chi connectivity index (χ0) is 15.0. The number of benzene rings is 1. The van der Waals surface area contributed by atoms with Crippen LogP contribution in [0, 0.1) is 5.82 Å². The average Bonchev–Trinajstić information content (AvgIpc) is 2.45. The molecule has 0 atom stereocenters. The minimum Gasteiger partial charge on any atom is -0.469 e. The molecule has 6 heteroatoms. The summed E-state index contributed by atoms with van der Waals surface area (Å²) in [5.41, 5.74) is 0.977. The fourth-order valence-electron chi connectivity index (χ4n) is 1.70. The highest BCUT2D eigenvalue weighted by Crippen LogP contribution is 2.05. The van der Waals surface area contributed by atoms with Crippen molar-refractivity contribution in [1.29, 1.82) is 0 Å². The quantitative estimate of drug-likeness (QED) is 0.503. The van der Waals surface area contributed by atoms with Gasteiger partial charge in [0, 0.05) is 27.2 Å². The number of carbonyl (C=O) groups excluding carboxylic acids is 1. The number of methoxy groups -OCH3 is 1. The molecule has 0 unspecified atom stereocenters. The summed E-state index contributed by atoms with van der Waals surface area (Å²) in [6.45, 7) is 1.05. The first-order chi connectivity index (χ1) is 9.56. The van der Waals surface area contributed by atoms with Crippen molar-refractivity contribution in [1.82, 2.24) is 10.2 Å². The minimum absolute atomic E-state index is 0.253. The van der Waals surface area contributed by atoms with Gasteiger partial charge in [-0.1, -0.05) is 12.1 Å². The number of hydrogen-bond acceptors (Lipinski definition) is 3. The average molecular weight is 281 g/mol. The van der Waals surface area contributed by atoms with E-state index in [4.69, 9.17) is 0 Å². The molecule has 0 bridgehead atoms. The fourth-order valence-corrected chi connectivity index (χ4v) is 1.70. The maximum absolute atomic E-state index is 12.8. The Bertz CT molecular complexity index is 460.